The molecule has 19 heavy (non-hydrogen) atoms. The lowest BCUT2D eigenvalue weighted by Crippen LogP contribution is -2.34. The first-order chi connectivity index (χ1) is 8.67. The minimum absolute atomic E-state index is 0.276. The van der Waals surface area contributed by atoms with Gasteiger partial charge in [-0.25, -0.2) is 9.59 Å². The number of aromatic nitrogens is 2. The molecule has 0 bridgehead atoms. The molecule has 0 radical (unpaired) electrons. The molecule has 0 spiro atoms. The fourth-order valence-electron chi connectivity index (χ4n) is 1.25. The lowest BCUT2D eigenvalue weighted by molar-refractivity contribution is -0.133. The molecule has 0 aliphatic heterocycles. The summed E-state index contributed by atoms with van der Waals surface area (Å²) in [4.78, 5) is 22.6. The maximum absolute atomic E-state index is 11.5. The second-order valence-corrected chi connectivity index (χ2v) is 4.94. The molecule has 1 aromatic heterocycles. The summed E-state index contributed by atoms with van der Waals surface area (Å²) in [6.45, 7) is 5.08. The summed E-state index contributed by atoms with van der Waals surface area (Å²) in [6.07, 6.45) is 3.60. The fourth-order valence-corrected chi connectivity index (χ4v) is 1.25. The van der Waals surface area contributed by atoms with Crippen LogP contribution in [0.1, 0.15) is 26.3 Å². The van der Waals surface area contributed by atoms with Crippen molar-refractivity contribution in [3.8, 4) is 0 Å². The number of ether oxygens (including phenoxy) is 1. The number of aryl methyl sites for hydroxylation is 1. The van der Waals surface area contributed by atoms with Gasteiger partial charge >= 0.3 is 12.1 Å². The Kier molecular flexibility index (Phi) is 4.31. The topological polar surface area (TPSA) is 93.5 Å². The number of carboxylic acid groups (broad SMARTS) is 1. The van der Waals surface area contributed by atoms with E-state index in [0.717, 1.165) is 0 Å². The average Bonchev–Trinajstić information content (AvgIpc) is 2.60. The zero-order valence-electron chi connectivity index (χ0n) is 11.3. The van der Waals surface area contributed by atoms with Crippen molar-refractivity contribution in [2.45, 2.75) is 26.4 Å². The Morgan fingerprint density at radius 3 is 2.53 bits per heavy atom. The number of alkyl carbamates (subject to hydrolysis) is 1. The van der Waals surface area contributed by atoms with Gasteiger partial charge in [-0.2, -0.15) is 5.10 Å². The molecular weight excluding hydrogens is 250 g/mol. The second-order valence-electron chi connectivity index (χ2n) is 4.94. The van der Waals surface area contributed by atoms with Crippen LogP contribution in [0.2, 0.25) is 0 Å². The number of carboxylic acids is 1. The molecular formula is C12H17N3O4. The van der Waals surface area contributed by atoms with Gasteiger partial charge in [0.15, 0.2) is 0 Å². The molecule has 7 nitrogen and oxygen atoms in total. The average molecular weight is 267 g/mol. The van der Waals surface area contributed by atoms with Crippen molar-refractivity contribution in [1.29, 1.82) is 0 Å². The largest absolute Gasteiger partial charge is 0.477 e. The highest BCUT2D eigenvalue weighted by atomic mass is 16.6. The highest BCUT2D eigenvalue weighted by Crippen LogP contribution is 2.09. The van der Waals surface area contributed by atoms with Crippen LogP contribution >= 0.6 is 0 Å². The predicted molar refractivity (Wildman–Crippen MR) is 68.2 cm³/mol. The maximum atomic E-state index is 11.5. The van der Waals surface area contributed by atoms with Gasteiger partial charge in [-0.05, 0) is 26.8 Å². The van der Waals surface area contributed by atoms with Crippen LogP contribution in [-0.4, -0.2) is 32.6 Å². The molecule has 1 rings (SSSR count). The normalized spacial score (nSPS) is 12.1. The Labute approximate surface area is 110 Å². The van der Waals surface area contributed by atoms with E-state index in [0.29, 0.717) is 5.56 Å². The monoisotopic (exact) mass is 267 g/mol. The van der Waals surface area contributed by atoms with Gasteiger partial charge < -0.3 is 9.84 Å². The van der Waals surface area contributed by atoms with Crippen LogP contribution in [0.25, 0.3) is 6.08 Å². The van der Waals surface area contributed by atoms with Gasteiger partial charge in [-0.3, -0.25) is 10.00 Å². The molecule has 1 aromatic rings. The van der Waals surface area contributed by atoms with Crippen molar-refractivity contribution in [1.82, 2.24) is 15.1 Å². The van der Waals surface area contributed by atoms with Crippen LogP contribution in [0, 0.1) is 0 Å². The lowest BCUT2D eigenvalue weighted by Gasteiger charge is -2.19. The highest BCUT2D eigenvalue weighted by Gasteiger charge is 2.19. The van der Waals surface area contributed by atoms with Crippen LogP contribution in [-0.2, 0) is 16.6 Å². The molecule has 0 aliphatic carbocycles. The van der Waals surface area contributed by atoms with E-state index in [1.54, 1.807) is 34.0 Å². The van der Waals surface area contributed by atoms with Crippen molar-refractivity contribution in [2.24, 2.45) is 7.05 Å². The fraction of sp³-hybridized carbons (Fsp3) is 0.417. The minimum atomic E-state index is -1.25. The quantitative estimate of drug-likeness (QED) is 0.807. The number of nitrogens with zero attached hydrogens (tertiary/aromatic N) is 2. The first-order valence-corrected chi connectivity index (χ1v) is 5.61. The Morgan fingerprint density at radius 2 is 2.11 bits per heavy atom. The molecule has 1 amide bonds. The van der Waals surface area contributed by atoms with Crippen molar-refractivity contribution >= 4 is 18.1 Å². The molecule has 0 aromatic carbocycles. The second kappa shape index (κ2) is 5.55. The third kappa shape index (κ3) is 5.24. The Balaban J connectivity index is 2.82. The summed E-state index contributed by atoms with van der Waals surface area (Å²) in [5, 5.41) is 15.1. The third-order valence-corrected chi connectivity index (χ3v) is 1.90. The van der Waals surface area contributed by atoms with Crippen LogP contribution in [0.4, 0.5) is 4.79 Å². The summed E-state index contributed by atoms with van der Waals surface area (Å²) < 4.78 is 6.51. The minimum Gasteiger partial charge on any atom is -0.477 e. The van der Waals surface area contributed by atoms with Gasteiger partial charge in [-0.15, -0.1) is 0 Å². The molecule has 104 valence electrons. The van der Waals surface area contributed by atoms with E-state index in [4.69, 9.17) is 9.84 Å². The smallest absolute Gasteiger partial charge is 0.412 e. The first-order valence-electron chi connectivity index (χ1n) is 5.61. The van der Waals surface area contributed by atoms with E-state index in [1.165, 1.54) is 17.0 Å². The molecule has 1 heterocycles. The van der Waals surface area contributed by atoms with Gasteiger partial charge in [0, 0.05) is 18.8 Å². The number of rotatable bonds is 3. The zero-order valence-corrected chi connectivity index (χ0v) is 11.3. The van der Waals surface area contributed by atoms with E-state index < -0.39 is 17.7 Å². The van der Waals surface area contributed by atoms with E-state index in [1.807, 2.05) is 0 Å². The molecule has 0 saturated carbocycles. The van der Waals surface area contributed by atoms with Gasteiger partial charge in [0.2, 0.25) is 0 Å². The number of nitrogens with one attached hydrogen (secondary N) is 1. The number of carbonyl (C=O) groups is 2. The van der Waals surface area contributed by atoms with Crippen LogP contribution in [0.5, 0.6) is 0 Å². The van der Waals surface area contributed by atoms with Crippen molar-refractivity contribution in [2.75, 3.05) is 0 Å². The summed E-state index contributed by atoms with van der Waals surface area (Å²) in [5.74, 6) is -1.25. The van der Waals surface area contributed by atoms with Gasteiger partial charge in [0.25, 0.3) is 0 Å². The first kappa shape index (κ1) is 14.7. The van der Waals surface area contributed by atoms with Crippen molar-refractivity contribution < 1.29 is 19.4 Å². The van der Waals surface area contributed by atoms with Crippen LogP contribution in [0.15, 0.2) is 18.1 Å². The molecule has 7 heteroatoms. The van der Waals surface area contributed by atoms with Gasteiger partial charge in [0.1, 0.15) is 11.3 Å². The maximum Gasteiger partial charge on any atom is 0.412 e. The van der Waals surface area contributed by atoms with E-state index in [9.17, 15) is 9.59 Å². The Morgan fingerprint density at radius 1 is 1.47 bits per heavy atom. The summed E-state index contributed by atoms with van der Waals surface area (Å²) in [6, 6.07) is 0. The number of carbonyl (C=O) groups excluding carboxylic acids is 1. The highest BCUT2D eigenvalue weighted by molar-refractivity contribution is 5.95. The van der Waals surface area contributed by atoms with Crippen molar-refractivity contribution in [3.05, 3.63) is 23.7 Å². The molecule has 0 atom stereocenters. The SMILES string of the molecule is Cn1cc(/C=C(\NC(=O)OC(C)(C)C)C(=O)O)cn1. The Hall–Kier alpha value is -2.31. The number of amides is 1. The molecule has 2 N–H and O–H groups in total. The lowest BCUT2D eigenvalue weighted by atomic mass is 10.2. The van der Waals surface area contributed by atoms with Crippen molar-refractivity contribution in [3.63, 3.8) is 0 Å². The molecule has 0 unspecified atom stereocenters. The van der Waals surface area contributed by atoms with E-state index in [2.05, 4.69) is 10.4 Å². The molecule has 0 fully saturated rings. The van der Waals surface area contributed by atoms with Crippen LogP contribution in [0.3, 0.4) is 0 Å². The van der Waals surface area contributed by atoms with Gasteiger partial charge in [0.05, 0.1) is 6.20 Å². The number of aliphatic carboxylic acids is 1. The third-order valence-electron chi connectivity index (χ3n) is 1.90. The number of hydrogen-bond acceptors (Lipinski definition) is 4. The summed E-state index contributed by atoms with van der Waals surface area (Å²) >= 11 is 0. The van der Waals surface area contributed by atoms with E-state index >= 15 is 0 Å². The molecule has 0 saturated heterocycles. The summed E-state index contributed by atoms with van der Waals surface area (Å²) in [7, 11) is 1.71. The van der Waals surface area contributed by atoms with Crippen LogP contribution < -0.4 is 5.32 Å². The predicted octanol–water partition coefficient (Wildman–Crippen LogP) is 1.37. The summed E-state index contributed by atoms with van der Waals surface area (Å²) in [5.41, 5.74) is -0.402. The number of hydrogen-bond donors (Lipinski definition) is 2. The standard InChI is InChI=1S/C12H17N3O4/c1-12(2,3)19-11(18)14-9(10(16)17)5-8-6-13-15(4)7-8/h5-7H,1-4H3,(H,14,18)(H,16,17)/b9-5-. The van der Waals surface area contributed by atoms with Gasteiger partial charge in [-0.1, -0.05) is 0 Å². The zero-order chi connectivity index (χ0) is 14.6. The Bertz CT molecular complexity index is 511. The van der Waals surface area contributed by atoms with E-state index in [-0.39, 0.29) is 5.70 Å². The molecule has 0 aliphatic rings.